The average molecular weight is 441 g/mol. The van der Waals surface area contributed by atoms with Crippen LogP contribution in [0.25, 0.3) is 0 Å². The Morgan fingerprint density at radius 1 is 1.19 bits per heavy atom. The van der Waals surface area contributed by atoms with Gasteiger partial charge in [-0.25, -0.2) is 9.18 Å². The van der Waals surface area contributed by atoms with Crippen molar-refractivity contribution in [2.45, 2.75) is 77.9 Å². The van der Waals surface area contributed by atoms with Gasteiger partial charge in [0.15, 0.2) is 11.6 Å². The Morgan fingerprint density at radius 3 is 2.45 bits per heavy atom. The standard InChI is InChI=1S/C22H33FN2O6/c1-14-11-15(7-5-6-8-19(27)28)20(23)17(12-14)30-13-16(9-10-18(24)26)25-21(29)31-22(2,3)4/h11-12,16H,5-10,13H2,1-4H3,(H2,24,26)(H,25,29)(H,27,28)/t16-/m0/s1. The van der Waals surface area contributed by atoms with Gasteiger partial charge >= 0.3 is 12.1 Å². The van der Waals surface area contributed by atoms with E-state index in [4.69, 9.17) is 20.3 Å². The zero-order valence-corrected chi connectivity index (χ0v) is 18.6. The molecule has 31 heavy (non-hydrogen) atoms. The summed E-state index contributed by atoms with van der Waals surface area (Å²) in [5, 5.41) is 11.3. The van der Waals surface area contributed by atoms with Crippen molar-refractivity contribution in [1.82, 2.24) is 5.32 Å². The van der Waals surface area contributed by atoms with Gasteiger partial charge in [-0.2, -0.15) is 0 Å². The third-order valence-corrected chi connectivity index (χ3v) is 4.25. The van der Waals surface area contributed by atoms with E-state index in [1.54, 1.807) is 39.8 Å². The molecule has 8 nitrogen and oxygen atoms in total. The van der Waals surface area contributed by atoms with Gasteiger partial charge in [0.25, 0.3) is 0 Å². The summed E-state index contributed by atoms with van der Waals surface area (Å²) in [4.78, 5) is 33.8. The number of aliphatic carboxylic acids is 1. The number of nitrogens with one attached hydrogen (secondary N) is 1. The Kier molecular flexibility index (Phi) is 10.2. The van der Waals surface area contributed by atoms with E-state index >= 15 is 0 Å². The fourth-order valence-corrected chi connectivity index (χ4v) is 2.87. The van der Waals surface area contributed by atoms with Crippen molar-refractivity contribution in [3.63, 3.8) is 0 Å². The number of benzene rings is 1. The molecule has 0 heterocycles. The fraction of sp³-hybridized carbons (Fsp3) is 0.591. The lowest BCUT2D eigenvalue weighted by Crippen LogP contribution is -2.42. The van der Waals surface area contributed by atoms with Gasteiger partial charge in [0.05, 0.1) is 6.04 Å². The minimum Gasteiger partial charge on any atom is -0.488 e. The topological polar surface area (TPSA) is 128 Å². The molecule has 0 aliphatic rings. The molecule has 0 aromatic heterocycles. The quantitative estimate of drug-likeness (QED) is 0.427. The molecule has 4 N–H and O–H groups in total. The van der Waals surface area contributed by atoms with Gasteiger partial charge in [0.1, 0.15) is 12.2 Å². The van der Waals surface area contributed by atoms with E-state index in [9.17, 15) is 18.8 Å². The molecule has 1 aromatic rings. The van der Waals surface area contributed by atoms with Crippen molar-refractivity contribution in [3.05, 3.63) is 29.1 Å². The highest BCUT2D eigenvalue weighted by atomic mass is 19.1. The lowest BCUT2D eigenvalue weighted by Gasteiger charge is -2.24. The highest BCUT2D eigenvalue weighted by Crippen LogP contribution is 2.25. The normalized spacial score (nSPS) is 12.2. The second-order valence-electron chi connectivity index (χ2n) is 8.50. The van der Waals surface area contributed by atoms with Crippen molar-refractivity contribution in [2.24, 2.45) is 5.73 Å². The van der Waals surface area contributed by atoms with Gasteiger partial charge in [-0.3, -0.25) is 9.59 Å². The maximum atomic E-state index is 14.9. The number of carboxylic acids is 1. The van der Waals surface area contributed by atoms with E-state index < -0.39 is 35.4 Å². The molecule has 0 unspecified atom stereocenters. The molecule has 174 valence electrons. The molecular formula is C22H33FN2O6. The van der Waals surface area contributed by atoms with E-state index in [0.717, 1.165) is 5.56 Å². The first-order chi connectivity index (χ1) is 14.4. The Labute approximate surface area is 182 Å². The first-order valence-electron chi connectivity index (χ1n) is 10.3. The van der Waals surface area contributed by atoms with Gasteiger partial charge in [0.2, 0.25) is 5.91 Å². The average Bonchev–Trinajstić information content (AvgIpc) is 2.62. The number of primary amides is 1. The molecule has 0 spiro atoms. The number of unbranched alkanes of at least 4 members (excludes halogenated alkanes) is 1. The van der Waals surface area contributed by atoms with E-state index in [2.05, 4.69) is 5.32 Å². The highest BCUT2D eigenvalue weighted by Gasteiger charge is 2.21. The number of nitrogens with two attached hydrogens (primary N) is 1. The first-order valence-corrected chi connectivity index (χ1v) is 10.3. The number of carbonyl (C=O) groups excluding carboxylic acids is 2. The highest BCUT2D eigenvalue weighted by molar-refractivity contribution is 5.74. The van der Waals surface area contributed by atoms with Crippen LogP contribution in [-0.2, 0) is 20.7 Å². The van der Waals surface area contributed by atoms with Crippen LogP contribution in [0.4, 0.5) is 9.18 Å². The van der Waals surface area contributed by atoms with Crippen LogP contribution in [0.1, 0.15) is 64.0 Å². The molecule has 0 radical (unpaired) electrons. The molecule has 1 rings (SSSR count). The van der Waals surface area contributed by atoms with Crippen LogP contribution in [0.2, 0.25) is 0 Å². The van der Waals surface area contributed by atoms with Crippen LogP contribution in [0.3, 0.4) is 0 Å². The maximum absolute atomic E-state index is 14.9. The Morgan fingerprint density at radius 2 is 1.87 bits per heavy atom. The van der Waals surface area contributed by atoms with Crippen molar-refractivity contribution in [2.75, 3.05) is 6.61 Å². The molecule has 0 saturated heterocycles. The zero-order chi connectivity index (χ0) is 23.6. The van der Waals surface area contributed by atoms with Crippen molar-refractivity contribution >= 4 is 18.0 Å². The van der Waals surface area contributed by atoms with Crippen LogP contribution in [-0.4, -0.2) is 41.3 Å². The van der Waals surface area contributed by atoms with Crippen LogP contribution in [0.15, 0.2) is 12.1 Å². The molecule has 0 bridgehead atoms. The number of hydrogen-bond acceptors (Lipinski definition) is 5. The minimum atomic E-state index is -0.881. The molecule has 9 heteroatoms. The molecule has 0 fully saturated rings. The van der Waals surface area contributed by atoms with Crippen molar-refractivity contribution in [1.29, 1.82) is 0 Å². The van der Waals surface area contributed by atoms with E-state index in [1.165, 1.54) is 0 Å². The monoisotopic (exact) mass is 440 g/mol. The summed E-state index contributed by atoms with van der Waals surface area (Å²) in [6.07, 6.45) is 0.975. The molecule has 1 aromatic carbocycles. The van der Waals surface area contributed by atoms with Crippen LogP contribution < -0.4 is 15.8 Å². The largest absolute Gasteiger partial charge is 0.488 e. The van der Waals surface area contributed by atoms with Gasteiger partial charge < -0.3 is 25.6 Å². The zero-order valence-electron chi connectivity index (χ0n) is 18.6. The van der Waals surface area contributed by atoms with Crippen molar-refractivity contribution < 1.29 is 33.4 Å². The predicted molar refractivity (Wildman–Crippen MR) is 113 cm³/mol. The Hall–Kier alpha value is -2.84. The first kappa shape index (κ1) is 26.2. The summed E-state index contributed by atoms with van der Waals surface area (Å²) >= 11 is 0. The summed E-state index contributed by atoms with van der Waals surface area (Å²) in [5.41, 5.74) is 5.73. The number of carbonyl (C=O) groups is 3. The van der Waals surface area contributed by atoms with Crippen LogP contribution in [0.5, 0.6) is 5.75 Å². The number of amides is 2. The van der Waals surface area contributed by atoms with Gasteiger partial charge in [-0.1, -0.05) is 6.07 Å². The second kappa shape index (κ2) is 12.1. The lowest BCUT2D eigenvalue weighted by atomic mass is 10.0. The Balaban J connectivity index is 2.82. The van der Waals surface area contributed by atoms with E-state index in [-0.39, 0.29) is 31.6 Å². The summed E-state index contributed by atoms with van der Waals surface area (Å²) in [7, 11) is 0. The van der Waals surface area contributed by atoms with Gasteiger partial charge in [-0.15, -0.1) is 0 Å². The summed E-state index contributed by atoms with van der Waals surface area (Å²) in [6, 6.07) is 2.64. The van der Waals surface area contributed by atoms with E-state index in [0.29, 0.717) is 24.8 Å². The lowest BCUT2D eigenvalue weighted by molar-refractivity contribution is -0.137. The van der Waals surface area contributed by atoms with E-state index in [1.807, 2.05) is 0 Å². The summed E-state index contributed by atoms with van der Waals surface area (Å²) in [5.74, 6) is -1.90. The third-order valence-electron chi connectivity index (χ3n) is 4.25. The number of ether oxygens (including phenoxy) is 2. The Bertz CT molecular complexity index is 776. The number of halogens is 1. The second-order valence-corrected chi connectivity index (χ2v) is 8.50. The molecule has 2 amide bonds. The minimum absolute atomic E-state index is 0.0228. The number of hydrogen-bond donors (Lipinski definition) is 3. The molecular weight excluding hydrogens is 407 g/mol. The molecule has 1 atom stereocenters. The number of rotatable bonds is 12. The van der Waals surface area contributed by atoms with Gasteiger partial charge in [0, 0.05) is 12.8 Å². The molecule has 0 aliphatic carbocycles. The van der Waals surface area contributed by atoms with Gasteiger partial charge in [-0.05, 0) is 70.6 Å². The van der Waals surface area contributed by atoms with Crippen molar-refractivity contribution in [3.8, 4) is 5.75 Å². The maximum Gasteiger partial charge on any atom is 0.407 e. The number of alkyl carbamates (subject to hydrolysis) is 1. The number of carboxylic acid groups (broad SMARTS) is 1. The smallest absolute Gasteiger partial charge is 0.407 e. The predicted octanol–water partition coefficient (Wildman–Crippen LogP) is 3.47. The summed E-state index contributed by atoms with van der Waals surface area (Å²) < 4.78 is 25.7. The van der Waals surface area contributed by atoms with Crippen LogP contribution in [0, 0.1) is 12.7 Å². The third kappa shape index (κ3) is 11.2. The molecule has 0 aliphatic heterocycles. The fourth-order valence-electron chi connectivity index (χ4n) is 2.87. The molecule has 0 saturated carbocycles. The summed E-state index contributed by atoms with van der Waals surface area (Å²) in [6.45, 7) is 6.90. The van der Waals surface area contributed by atoms with Crippen LogP contribution >= 0.6 is 0 Å². The number of aryl methyl sites for hydroxylation is 2. The SMILES string of the molecule is Cc1cc(CCCCC(=O)O)c(F)c(OC[C@H](CCC(N)=O)NC(=O)OC(C)(C)C)c1.